The van der Waals surface area contributed by atoms with Gasteiger partial charge in [-0.3, -0.25) is 4.99 Å². The third-order valence-electron chi connectivity index (χ3n) is 4.11. The molecule has 0 bridgehead atoms. The molecule has 2 aliphatic rings. The van der Waals surface area contributed by atoms with Crippen LogP contribution in [0.1, 0.15) is 45.4 Å². The van der Waals surface area contributed by atoms with Crippen molar-refractivity contribution in [1.29, 1.82) is 0 Å². The largest absolute Gasteiger partial charge is 0.357 e. The van der Waals surface area contributed by atoms with E-state index in [0.717, 1.165) is 18.9 Å². The summed E-state index contributed by atoms with van der Waals surface area (Å²) < 4.78 is 25.0. The number of guanidine groups is 1. The van der Waals surface area contributed by atoms with Gasteiger partial charge in [-0.2, -0.15) is 0 Å². The van der Waals surface area contributed by atoms with E-state index in [1.165, 1.54) is 32.1 Å². The van der Waals surface area contributed by atoms with E-state index in [4.69, 9.17) is 0 Å². The minimum absolute atomic E-state index is 0. The first kappa shape index (κ1) is 20.0. The van der Waals surface area contributed by atoms with Crippen molar-refractivity contribution >= 4 is 40.0 Å². The minimum Gasteiger partial charge on any atom is -0.357 e. The van der Waals surface area contributed by atoms with E-state index < -0.39 is 10.0 Å². The molecule has 0 amide bonds. The molecule has 2 rings (SSSR count). The molecule has 130 valence electrons. The van der Waals surface area contributed by atoms with Crippen LogP contribution in [0.3, 0.4) is 0 Å². The van der Waals surface area contributed by atoms with Crippen molar-refractivity contribution < 1.29 is 8.42 Å². The summed E-state index contributed by atoms with van der Waals surface area (Å²) in [6.45, 7) is 4.51. The average molecular weight is 444 g/mol. The zero-order chi connectivity index (χ0) is 15.1. The first-order chi connectivity index (χ1) is 10.1. The second kappa shape index (κ2) is 9.92. The third kappa shape index (κ3) is 6.19. The highest BCUT2D eigenvalue weighted by Gasteiger charge is 2.27. The Morgan fingerprint density at radius 3 is 2.55 bits per heavy atom. The van der Waals surface area contributed by atoms with Crippen molar-refractivity contribution in [2.45, 2.75) is 51.5 Å². The van der Waals surface area contributed by atoms with Gasteiger partial charge in [-0.05, 0) is 26.2 Å². The highest BCUT2D eigenvalue weighted by Crippen LogP contribution is 2.17. The number of nitrogens with zero attached hydrogens (tertiary/aromatic N) is 2. The average Bonchev–Trinajstić information content (AvgIpc) is 2.79. The minimum atomic E-state index is -3.00. The predicted octanol–water partition coefficient (Wildman–Crippen LogP) is 1.53. The fraction of sp³-hybridized carbons (Fsp3) is 0.929. The van der Waals surface area contributed by atoms with Crippen LogP contribution >= 0.6 is 24.0 Å². The SMILES string of the molecule is CCNC(=NCCN1CCCS1(=O)=O)NC1CCCCC1.I. The van der Waals surface area contributed by atoms with Crippen LogP contribution in [0.4, 0.5) is 0 Å². The number of sulfonamides is 1. The Bertz CT molecular complexity index is 450. The Labute approximate surface area is 151 Å². The third-order valence-corrected chi connectivity index (χ3v) is 6.07. The van der Waals surface area contributed by atoms with Crippen molar-refractivity contribution in [3.05, 3.63) is 0 Å². The van der Waals surface area contributed by atoms with Gasteiger partial charge in [-0.15, -0.1) is 24.0 Å². The molecule has 2 N–H and O–H groups in total. The fourth-order valence-corrected chi connectivity index (χ4v) is 4.50. The van der Waals surface area contributed by atoms with Crippen LogP contribution in [-0.2, 0) is 10.0 Å². The summed E-state index contributed by atoms with van der Waals surface area (Å²) in [6, 6.07) is 0.507. The lowest BCUT2D eigenvalue weighted by Crippen LogP contribution is -2.44. The lowest BCUT2D eigenvalue weighted by atomic mass is 9.96. The number of aliphatic imine (C=N–C) groups is 1. The second-order valence-electron chi connectivity index (χ2n) is 5.81. The van der Waals surface area contributed by atoms with E-state index in [-0.39, 0.29) is 29.7 Å². The first-order valence-corrected chi connectivity index (χ1v) is 9.75. The monoisotopic (exact) mass is 444 g/mol. The first-order valence-electron chi connectivity index (χ1n) is 8.14. The topological polar surface area (TPSA) is 73.8 Å². The Morgan fingerprint density at radius 1 is 1.23 bits per heavy atom. The van der Waals surface area contributed by atoms with E-state index >= 15 is 0 Å². The van der Waals surface area contributed by atoms with Crippen LogP contribution in [0.15, 0.2) is 4.99 Å². The maximum absolute atomic E-state index is 11.7. The van der Waals surface area contributed by atoms with E-state index in [9.17, 15) is 8.42 Å². The summed E-state index contributed by atoms with van der Waals surface area (Å²) in [7, 11) is -3.00. The van der Waals surface area contributed by atoms with E-state index in [1.807, 2.05) is 6.92 Å². The summed E-state index contributed by atoms with van der Waals surface area (Å²) in [6.07, 6.45) is 7.03. The molecule has 1 saturated heterocycles. The summed E-state index contributed by atoms with van der Waals surface area (Å²) in [5.74, 6) is 1.11. The molecule has 0 atom stereocenters. The van der Waals surface area contributed by atoms with Crippen molar-refractivity contribution in [3.8, 4) is 0 Å². The normalized spacial score (nSPS) is 23.0. The van der Waals surface area contributed by atoms with Crippen molar-refractivity contribution in [2.75, 3.05) is 31.9 Å². The standard InChI is InChI=1S/C14H28N4O2S.HI/c1-2-15-14(17-13-7-4-3-5-8-13)16-9-11-18-10-6-12-21(18,19)20;/h13H,2-12H2,1H3,(H2,15,16,17);1H. The van der Waals surface area contributed by atoms with Crippen LogP contribution in [0.5, 0.6) is 0 Å². The molecule has 22 heavy (non-hydrogen) atoms. The van der Waals surface area contributed by atoms with Crippen molar-refractivity contribution in [3.63, 3.8) is 0 Å². The van der Waals surface area contributed by atoms with Gasteiger partial charge >= 0.3 is 0 Å². The maximum Gasteiger partial charge on any atom is 0.214 e. The quantitative estimate of drug-likeness (QED) is 0.383. The molecule has 0 aromatic heterocycles. The second-order valence-corrected chi connectivity index (χ2v) is 7.90. The highest BCUT2D eigenvalue weighted by molar-refractivity contribution is 14.0. The number of rotatable bonds is 5. The lowest BCUT2D eigenvalue weighted by Gasteiger charge is -2.25. The van der Waals surface area contributed by atoms with Gasteiger partial charge in [-0.25, -0.2) is 12.7 Å². The predicted molar refractivity (Wildman–Crippen MR) is 101 cm³/mol. The van der Waals surface area contributed by atoms with E-state index in [2.05, 4.69) is 15.6 Å². The Kier molecular flexibility index (Phi) is 9.00. The van der Waals surface area contributed by atoms with Crippen molar-refractivity contribution in [1.82, 2.24) is 14.9 Å². The summed E-state index contributed by atoms with van der Waals surface area (Å²) in [5.41, 5.74) is 0. The Balaban J connectivity index is 0.00000242. The van der Waals surface area contributed by atoms with E-state index in [1.54, 1.807) is 4.31 Å². The Hall–Kier alpha value is -0.0900. The van der Waals surface area contributed by atoms with Crippen LogP contribution in [0, 0.1) is 0 Å². The van der Waals surface area contributed by atoms with Gasteiger partial charge in [0.25, 0.3) is 0 Å². The summed E-state index contributed by atoms with van der Waals surface area (Å²) in [5, 5.41) is 6.72. The van der Waals surface area contributed by atoms with Gasteiger partial charge in [0, 0.05) is 25.7 Å². The van der Waals surface area contributed by atoms with Gasteiger partial charge in [0.05, 0.1) is 12.3 Å². The smallest absolute Gasteiger partial charge is 0.214 e. The van der Waals surface area contributed by atoms with Gasteiger partial charge in [0.1, 0.15) is 0 Å². The molecule has 2 fully saturated rings. The number of hydrogen-bond donors (Lipinski definition) is 2. The van der Waals surface area contributed by atoms with Crippen LogP contribution in [0.2, 0.25) is 0 Å². The summed E-state index contributed by atoms with van der Waals surface area (Å²) >= 11 is 0. The maximum atomic E-state index is 11.7. The number of hydrogen-bond acceptors (Lipinski definition) is 3. The highest BCUT2D eigenvalue weighted by atomic mass is 127. The van der Waals surface area contributed by atoms with Gasteiger partial charge < -0.3 is 10.6 Å². The van der Waals surface area contributed by atoms with E-state index in [0.29, 0.717) is 25.7 Å². The van der Waals surface area contributed by atoms with Gasteiger partial charge in [0.15, 0.2) is 5.96 Å². The van der Waals surface area contributed by atoms with Gasteiger partial charge in [-0.1, -0.05) is 19.3 Å². The molecule has 1 heterocycles. The molecular weight excluding hydrogens is 415 g/mol. The van der Waals surface area contributed by atoms with Crippen LogP contribution in [0.25, 0.3) is 0 Å². The molecule has 6 nitrogen and oxygen atoms in total. The lowest BCUT2D eigenvalue weighted by molar-refractivity contribution is 0.409. The zero-order valence-electron chi connectivity index (χ0n) is 13.4. The Morgan fingerprint density at radius 2 is 1.95 bits per heavy atom. The molecule has 0 aromatic carbocycles. The molecular formula is C14H29IN4O2S. The molecule has 1 saturated carbocycles. The molecule has 0 radical (unpaired) electrons. The summed E-state index contributed by atoms with van der Waals surface area (Å²) in [4.78, 5) is 4.52. The zero-order valence-corrected chi connectivity index (χ0v) is 16.5. The molecule has 1 aliphatic heterocycles. The van der Waals surface area contributed by atoms with Crippen LogP contribution < -0.4 is 10.6 Å². The fourth-order valence-electron chi connectivity index (χ4n) is 2.98. The molecule has 0 aromatic rings. The number of nitrogens with one attached hydrogen (secondary N) is 2. The molecule has 8 heteroatoms. The van der Waals surface area contributed by atoms with Crippen LogP contribution in [-0.4, -0.2) is 56.7 Å². The molecule has 0 spiro atoms. The molecule has 0 unspecified atom stereocenters. The number of halogens is 1. The van der Waals surface area contributed by atoms with Gasteiger partial charge in [0.2, 0.25) is 10.0 Å². The van der Waals surface area contributed by atoms with Crippen molar-refractivity contribution in [2.24, 2.45) is 4.99 Å². The molecule has 1 aliphatic carbocycles.